The number of hydrogen-bond donors (Lipinski definition) is 0. The van der Waals surface area contributed by atoms with Gasteiger partial charge in [-0.15, -0.1) is 0 Å². The van der Waals surface area contributed by atoms with E-state index in [0.717, 1.165) is 4.90 Å². The summed E-state index contributed by atoms with van der Waals surface area (Å²) in [5.41, 5.74) is 0.757. The summed E-state index contributed by atoms with van der Waals surface area (Å²) in [6.07, 6.45) is 0.430. The Morgan fingerprint density at radius 2 is 1.60 bits per heavy atom. The van der Waals surface area contributed by atoms with Crippen LogP contribution in [0, 0.1) is 0 Å². The van der Waals surface area contributed by atoms with E-state index >= 15 is 0 Å². The fraction of sp³-hybridized carbons (Fsp3) is 0.167. The second-order valence-corrected chi connectivity index (χ2v) is 5.57. The van der Waals surface area contributed by atoms with Crippen LogP contribution in [0.25, 0.3) is 0 Å². The summed E-state index contributed by atoms with van der Waals surface area (Å²) in [5.74, 6) is 0.435. The van der Waals surface area contributed by atoms with Gasteiger partial charge in [-0.3, -0.25) is 14.5 Å². The highest BCUT2D eigenvalue weighted by Crippen LogP contribution is 2.35. The number of fused-ring (bicyclic) bond motifs is 1. The molecule has 0 atom stereocenters. The van der Waals surface area contributed by atoms with Gasteiger partial charge in [-0.05, 0) is 36.4 Å². The molecule has 7 nitrogen and oxygen atoms in total. The molecule has 2 aromatic carbocycles. The van der Waals surface area contributed by atoms with Crippen LogP contribution in [0.5, 0.6) is 17.2 Å². The number of nitrogens with zero attached hydrogens (tertiary/aromatic N) is 1. The summed E-state index contributed by atoms with van der Waals surface area (Å²) in [6, 6.07) is 11.0. The Balaban J connectivity index is 1.49. The van der Waals surface area contributed by atoms with Crippen LogP contribution in [0.1, 0.15) is 23.2 Å². The molecule has 2 amide bonds. The van der Waals surface area contributed by atoms with Gasteiger partial charge in [0.25, 0.3) is 0 Å². The highest BCUT2D eigenvalue weighted by atomic mass is 16.7. The number of carbonyl (C=O) groups excluding carboxylic acids is 3. The molecule has 0 bridgehead atoms. The van der Waals surface area contributed by atoms with E-state index in [1.807, 2.05) is 0 Å². The average molecular weight is 339 g/mol. The van der Waals surface area contributed by atoms with Crippen LogP contribution in [0.15, 0.2) is 42.5 Å². The molecule has 25 heavy (non-hydrogen) atoms. The SMILES string of the molecule is O=C(Oc1ccc2c(c1)OCO2)c1ccc(N2C(=O)CCC2=O)cc1. The van der Waals surface area contributed by atoms with Gasteiger partial charge in [-0.1, -0.05) is 0 Å². The number of esters is 1. The Labute approximate surface area is 142 Å². The topological polar surface area (TPSA) is 82.1 Å². The van der Waals surface area contributed by atoms with Gasteiger partial charge in [-0.25, -0.2) is 4.79 Å². The molecule has 7 heteroatoms. The van der Waals surface area contributed by atoms with Gasteiger partial charge in [-0.2, -0.15) is 0 Å². The molecule has 0 aliphatic carbocycles. The molecular weight excluding hydrogens is 326 g/mol. The second-order valence-electron chi connectivity index (χ2n) is 5.57. The van der Waals surface area contributed by atoms with E-state index in [2.05, 4.69) is 0 Å². The van der Waals surface area contributed by atoms with Crippen LogP contribution < -0.4 is 19.1 Å². The minimum absolute atomic E-state index is 0.141. The predicted molar refractivity (Wildman–Crippen MR) is 85.7 cm³/mol. The van der Waals surface area contributed by atoms with Crippen LogP contribution in [-0.4, -0.2) is 24.6 Å². The molecule has 0 radical (unpaired) electrons. The lowest BCUT2D eigenvalue weighted by molar-refractivity contribution is -0.121. The molecule has 1 saturated heterocycles. The number of benzene rings is 2. The molecule has 2 heterocycles. The average Bonchev–Trinajstić information content (AvgIpc) is 3.21. The van der Waals surface area contributed by atoms with E-state index in [1.165, 1.54) is 12.1 Å². The maximum absolute atomic E-state index is 12.2. The molecule has 1 fully saturated rings. The van der Waals surface area contributed by atoms with Crippen molar-refractivity contribution in [3.63, 3.8) is 0 Å². The first-order valence-corrected chi connectivity index (χ1v) is 7.69. The van der Waals surface area contributed by atoms with E-state index in [-0.39, 0.29) is 31.4 Å². The fourth-order valence-corrected chi connectivity index (χ4v) is 2.72. The highest BCUT2D eigenvalue weighted by molar-refractivity contribution is 6.19. The molecule has 0 spiro atoms. The van der Waals surface area contributed by atoms with Crippen LogP contribution in [0.3, 0.4) is 0 Å². The molecule has 2 aliphatic rings. The number of carbonyl (C=O) groups is 3. The molecule has 0 N–H and O–H groups in total. The van der Waals surface area contributed by atoms with E-state index in [9.17, 15) is 14.4 Å². The summed E-state index contributed by atoms with van der Waals surface area (Å²) in [6.45, 7) is 0.141. The normalized spacial score (nSPS) is 15.6. The smallest absolute Gasteiger partial charge is 0.343 e. The Kier molecular flexibility index (Phi) is 3.61. The van der Waals surface area contributed by atoms with Gasteiger partial charge >= 0.3 is 5.97 Å². The fourth-order valence-electron chi connectivity index (χ4n) is 2.72. The van der Waals surface area contributed by atoms with Crippen molar-refractivity contribution in [2.75, 3.05) is 11.7 Å². The number of amides is 2. The van der Waals surface area contributed by atoms with Gasteiger partial charge in [0.1, 0.15) is 5.75 Å². The first-order chi connectivity index (χ1) is 12.1. The molecule has 2 aromatic rings. The van der Waals surface area contributed by atoms with Gasteiger partial charge in [0.15, 0.2) is 11.5 Å². The first-order valence-electron chi connectivity index (χ1n) is 7.69. The number of ether oxygens (including phenoxy) is 3. The van der Waals surface area contributed by atoms with Crippen molar-refractivity contribution in [1.82, 2.24) is 0 Å². The van der Waals surface area contributed by atoms with E-state index < -0.39 is 5.97 Å². The Morgan fingerprint density at radius 3 is 2.32 bits per heavy atom. The Hall–Kier alpha value is -3.35. The zero-order valence-corrected chi connectivity index (χ0v) is 13.1. The zero-order valence-electron chi connectivity index (χ0n) is 13.1. The number of anilines is 1. The first kappa shape index (κ1) is 15.2. The highest BCUT2D eigenvalue weighted by Gasteiger charge is 2.30. The van der Waals surface area contributed by atoms with E-state index in [0.29, 0.717) is 28.5 Å². The third-order valence-electron chi connectivity index (χ3n) is 3.97. The van der Waals surface area contributed by atoms with E-state index in [1.54, 1.807) is 30.3 Å². The van der Waals surface area contributed by atoms with Crippen LogP contribution in [0.2, 0.25) is 0 Å². The molecular formula is C18H13NO6. The molecule has 4 rings (SSSR count). The molecule has 0 aromatic heterocycles. The quantitative estimate of drug-likeness (QED) is 0.485. The van der Waals surface area contributed by atoms with Crippen LogP contribution >= 0.6 is 0 Å². The van der Waals surface area contributed by atoms with Gasteiger partial charge in [0, 0.05) is 18.9 Å². The lowest BCUT2D eigenvalue weighted by Gasteiger charge is -2.14. The Bertz CT molecular complexity index is 858. The molecule has 0 unspecified atom stereocenters. The lowest BCUT2D eigenvalue weighted by Crippen LogP contribution is -2.28. The number of hydrogen-bond acceptors (Lipinski definition) is 6. The van der Waals surface area contributed by atoms with Gasteiger partial charge in [0.2, 0.25) is 18.6 Å². The van der Waals surface area contributed by atoms with Crippen molar-refractivity contribution in [3.05, 3.63) is 48.0 Å². The van der Waals surface area contributed by atoms with Crippen molar-refractivity contribution in [1.29, 1.82) is 0 Å². The summed E-state index contributed by atoms with van der Waals surface area (Å²) in [4.78, 5) is 36.8. The van der Waals surface area contributed by atoms with Crippen LogP contribution in [0.4, 0.5) is 5.69 Å². The number of imide groups is 1. The number of rotatable bonds is 3. The largest absolute Gasteiger partial charge is 0.454 e. The monoisotopic (exact) mass is 339 g/mol. The maximum Gasteiger partial charge on any atom is 0.343 e. The van der Waals surface area contributed by atoms with Gasteiger partial charge < -0.3 is 14.2 Å². The second kappa shape index (κ2) is 5.94. The summed E-state index contributed by atoms with van der Waals surface area (Å²) < 4.78 is 15.7. The lowest BCUT2D eigenvalue weighted by atomic mass is 10.2. The summed E-state index contributed by atoms with van der Waals surface area (Å²) in [5, 5.41) is 0. The van der Waals surface area contributed by atoms with Crippen molar-refractivity contribution in [3.8, 4) is 17.2 Å². The zero-order chi connectivity index (χ0) is 17.4. The van der Waals surface area contributed by atoms with Crippen molar-refractivity contribution in [2.45, 2.75) is 12.8 Å². The van der Waals surface area contributed by atoms with E-state index in [4.69, 9.17) is 14.2 Å². The predicted octanol–water partition coefficient (Wildman–Crippen LogP) is 2.29. The standard InChI is InChI=1S/C18H13NO6/c20-16-7-8-17(21)19(16)12-3-1-11(2-4-12)18(22)25-13-5-6-14-15(9-13)24-10-23-14/h1-6,9H,7-8,10H2. The van der Waals surface area contributed by atoms with Gasteiger partial charge in [0.05, 0.1) is 11.3 Å². The molecule has 0 saturated carbocycles. The third-order valence-corrected chi connectivity index (χ3v) is 3.97. The summed E-state index contributed by atoms with van der Waals surface area (Å²) >= 11 is 0. The summed E-state index contributed by atoms with van der Waals surface area (Å²) in [7, 11) is 0. The van der Waals surface area contributed by atoms with Crippen molar-refractivity contribution < 1.29 is 28.6 Å². The van der Waals surface area contributed by atoms with Crippen molar-refractivity contribution >= 4 is 23.5 Å². The minimum Gasteiger partial charge on any atom is -0.454 e. The Morgan fingerprint density at radius 1 is 0.920 bits per heavy atom. The molecule has 2 aliphatic heterocycles. The third kappa shape index (κ3) is 2.80. The van der Waals surface area contributed by atoms with Crippen LogP contribution in [-0.2, 0) is 9.59 Å². The minimum atomic E-state index is -0.551. The molecule has 126 valence electrons. The maximum atomic E-state index is 12.2. The van der Waals surface area contributed by atoms with Crippen molar-refractivity contribution in [2.24, 2.45) is 0 Å².